The molecule has 0 aromatic heterocycles. The van der Waals surface area contributed by atoms with E-state index >= 15 is 0 Å². The number of hydrogen-bond donors (Lipinski definition) is 2. The number of amides is 2. The van der Waals surface area contributed by atoms with Gasteiger partial charge in [-0.2, -0.15) is 0 Å². The molecule has 5 rings (SSSR count). The number of benzene rings is 2. The first-order valence-corrected chi connectivity index (χ1v) is 12.6. The fourth-order valence-corrected chi connectivity index (χ4v) is 6.22. The highest BCUT2D eigenvalue weighted by Gasteiger charge is 2.48. The van der Waals surface area contributed by atoms with Gasteiger partial charge in [-0.15, -0.1) is 0 Å². The largest absolute Gasteiger partial charge is 0.383 e. The fraction of sp³-hybridized carbons (Fsp3) is 0.464. The Morgan fingerprint density at radius 2 is 2.00 bits per heavy atom. The average molecular weight is 491 g/mol. The van der Waals surface area contributed by atoms with Crippen molar-refractivity contribution < 1.29 is 18.7 Å². The number of likely N-dealkylation sites (tertiary alicyclic amines) is 1. The highest BCUT2D eigenvalue weighted by Crippen LogP contribution is 2.47. The van der Waals surface area contributed by atoms with Gasteiger partial charge in [-0.1, -0.05) is 43.2 Å². The molecular weight excluding hydrogens is 459 g/mol. The summed E-state index contributed by atoms with van der Waals surface area (Å²) in [5, 5.41) is 6.62. The number of fused-ring (bicyclic) bond motifs is 3. The van der Waals surface area contributed by atoms with Gasteiger partial charge in [0.2, 0.25) is 11.6 Å². The smallest absolute Gasteiger partial charge is 0.251 e. The second kappa shape index (κ2) is 10.3. The summed E-state index contributed by atoms with van der Waals surface area (Å²) < 4.78 is 19.6. The molecule has 2 amide bonds. The van der Waals surface area contributed by atoms with Crippen LogP contribution in [0.1, 0.15) is 54.1 Å². The zero-order chi connectivity index (χ0) is 25.2. The molecule has 0 unspecified atom stereocenters. The zero-order valence-electron chi connectivity index (χ0n) is 20.4. The van der Waals surface area contributed by atoms with Crippen LogP contribution in [0.15, 0.2) is 42.5 Å². The molecular formula is C28H31FN4O3. The number of carbonyl (C=O) groups excluding carboxylic acids is 2. The molecule has 2 aromatic rings. The standard InChI is InChI=1S/C28H31FN4O3/c1-30-24-12-11-17(15-21(24)29)27(34)32-23-10-6-4-8-20(23)28(35)33-14-13-19-25(16-36-2)31-22-9-5-3-7-18(22)26(19)33/h3,5,7,9,11-12,15,19-20,23,25-26,31H,4,6,8,10,13-14,16H2,2H3,(H,32,34)/t19-,20+,23-,25+,26+/m1/s1. The zero-order valence-corrected chi connectivity index (χ0v) is 20.4. The van der Waals surface area contributed by atoms with Gasteiger partial charge in [-0.25, -0.2) is 9.24 Å². The minimum atomic E-state index is -0.716. The number of nitrogens with one attached hydrogen (secondary N) is 2. The van der Waals surface area contributed by atoms with E-state index in [-0.39, 0.29) is 47.1 Å². The second-order valence-electron chi connectivity index (χ2n) is 9.97. The first-order chi connectivity index (χ1) is 17.5. The third-order valence-corrected chi connectivity index (χ3v) is 7.94. The van der Waals surface area contributed by atoms with Crippen molar-refractivity contribution in [3.8, 4) is 0 Å². The molecule has 1 aliphatic carbocycles. The summed E-state index contributed by atoms with van der Waals surface area (Å²) in [6, 6.07) is 11.8. The van der Waals surface area contributed by atoms with Gasteiger partial charge in [0.15, 0.2) is 0 Å². The number of methoxy groups -OCH3 is 1. The van der Waals surface area contributed by atoms with Crippen LogP contribution in [0.2, 0.25) is 0 Å². The molecule has 1 saturated carbocycles. The third kappa shape index (κ3) is 4.44. The molecule has 188 valence electrons. The van der Waals surface area contributed by atoms with E-state index in [9.17, 15) is 14.0 Å². The van der Waals surface area contributed by atoms with E-state index in [2.05, 4.69) is 27.6 Å². The average Bonchev–Trinajstić information content (AvgIpc) is 3.35. The Labute approximate surface area is 210 Å². The normalized spacial score (nSPS) is 26.8. The summed E-state index contributed by atoms with van der Waals surface area (Å²) in [6.07, 6.45) is 4.17. The van der Waals surface area contributed by atoms with Gasteiger partial charge in [0, 0.05) is 36.9 Å². The molecule has 2 aliphatic heterocycles. The van der Waals surface area contributed by atoms with Crippen molar-refractivity contribution in [2.45, 2.75) is 50.2 Å². The molecule has 1 saturated heterocycles. The van der Waals surface area contributed by atoms with Crippen molar-refractivity contribution in [3.63, 3.8) is 0 Å². The number of halogens is 1. The van der Waals surface area contributed by atoms with E-state index in [1.807, 2.05) is 17.0 Å². The second-order valence-corrected chi connectivity index (χ2v) is 9.97. The quantitative estimate of drug-likeness (QED) is 0.596. The van der Waals surface area contributed by atoms with Gasteiger partial charge in [-0.3, -0.25) is 9.59 Å². The maximum Gasteiger partial charge on any atom is 0.251 e. The van der Waals surface area contributed by atoms with E-state index in [4.69, 9.17) is 11.3 Å². The summed E-state index contributed by atoms with van der Waals surface area (Å²) in [4.78, 5) is 32.1. The van der Waals surface area contributed by atoms with Crippen LogP contribution in [-0.4, -0.2) is 49.1 Å². The number of anilines is 1. The van der Waals surface area contributed by atoms with Gasteiger partial charge in [0.1, 0.15) is 5.82 Å². The van der Waals surface area contributed by atoms with Gasteiger partial charge in [0.05, 0.1) is 31.2 Å². The molecule has 2 N–H and O–H groups in total. The van der Waals surface area contributed by atoms with Crippen molar-refractivity contribution in [1.82, 2.24) is 10.2 Å². The van der Waals surface area contributed by atoms with Crippen molar-refractivity contribution in [2.75, 3.05) is 25.6 Å². The van der Waals surface area contributed by atoms with E-state index in [1.165, 1.54) is 12.1 Å². The van der Waals surface area contributed by atoms with Crippen LogP contribution in [-0.2, 0) is 9.53 Å². The first-order valence-electron chi connectivity index (χ1n) is 12.6. The van der Waals surface area contributed by atoms with Crippen LogP contribution in [0.5, 0.6) is 0 Å². The van der Waals surface area contributed by atoms with Crippen molar-refractivity contribution in [2.24, 2.45) is 11.8 Å². The minimum Gasteiger partial charge on any atom is -0.383 e. The van der Waals surface area contributed by atoms with Gasteiger partial charge in [0.25, 0.3) is 5.91 Å². The first kappa shape index (κ1) is 24.3. The summed E-state index contributed by atoms with van der Waals surface area (Å²) >= 11 is 0. The van der Waals surface area contributed by atoms with E-state index in [0.717, 1.165) is 36.6 Å². The summed E-state index contributed by atoms with van der Waals surface area (Å²) in [5.74, 6) is -1.12. The lowest BCUT2D eigenvalue weighted by molar-refractivity contribution is -0.139. The predicted molar refractivity (Wildman–Crippen MR) is 134 cm³/mol. The Bertz CT molecular complexity index is 1200. The Morgan fingerprint density at radius 3 is 2.78 bits per heavy atom. The molecule has 0 spiro atoms. The van der Waals surface area contributed by atoms with Crippen LogP contribution >= 0.6 is 0 Å². The monoisotopic (exact) mass is 490 g/mol. The molecule has 7 nitrogen and oxygen atoms in total. The fourth-order valence-electron chi connectivity index (χ4n) is 6.22. The van der Waals surface area contributed by atoms with Gasteiger partial charge < -0.3 is 20.3 Å². The summed E-state index contributed by atoms with van der Waals surface area (Å²) in [7, 11) is 1.70. The van der Waals surface area contributed by atoms with Crippen LogP contribution in [0.4, 0.5) is 15.8 Å². The summed E-state index contributed by atoms with van der Waals surface area (Å²) in [6.45, 7) is 8.24. The maximum absolute atomic E-state index is 14.1. The molecule has 2 fully saturated rings. The molecule has 0 bridgehead atoms. The van der Waals surface area contributed by atoms with E-state index < -0.39 is 11.7 Å². The highest BCUT2D eigenvalue weighted by atomic mass is 19.1. The number of para-hydroxylation sites is 1. The lowest BCUT2D eigenvalue weighted by atomic mass is 9.81. The molecule has 0 radical (unpaired) electrons. The van der Waals surface area contributed by atoms with Crippen molar-refractivity contribution in [3.05, 3.63) is 70.8 Å². The van der Waals surface area contributed by atoms with Crippen LogP contribution in [0.3, 0.4) is 0 Å². The molecule has 2 heterocycles. The number of nitrogens with zero attached hydrogens (tertiary/aromatic N) is 2. The number of rotatable bonds is 5. The van der Waals surface area contributed by atoms with Crippen molar-refractivity contribution in [1.29, 1.82) is 0 Å². The lowest BCUT2D eigenvalue weighted by Crippen LogP contribution is -2.50. The maximum atomic E-state index is 14.1. The molecule has 8 heteroatoms. The molecule has 2 aromatic carbocycles. The molecule has 5 atom stereocenters. The molecule has 3 aliphatic rings. The Balaban J connectivity index is 1.37. The van der Waals surface area contributed by atoms with Crippen LogP contribution in [0, 0.1) is 24.2 Å². The predicted octanol–water partition coefficient (Wildman–Crippen LogP) is 4.70. The van der Waals surface area contributed by atoms with Crippen LogP contribution < -0.4 is 10.6 Å². The lowest BCUT2D eigenvalue weighted by Gasteiger charge is -2.41. The number of ether oxygens (including phenoxy) is 1. The van der Waals surface area contributed by atoms with Gasteiger partial charge >= 0.3 is 0 Å². The topological polar surface area (TPSA) is 75.0 Å². The molecule has 36 heavy (non-hydrogen) atoms. The Morgan fingerprint density at radius 1 is 1.19 bits per heavy atom. The number of carbonyl (C=O) groups is 2. The number of hydrogen-bond acceptors (Lipinski definition) is 4. The Hall–Kier alpha value is -3.44. The highest BCUT2D eigenvalue weighted by molar-refractivity contribution is 5.95. The summed E-state index contributed by atoms with van der Waals surface area (Å²) in [5.41, 5.74) is 2.22. The SMILES string of the molecule is [C-]#[N+]c1ccc(C(=O)N[C@@H]2CCCC[C@@H]2C(=O)N2CC[C@@H]3[C@H](COC)Nc4ccccc4[C@@H]32)cc1F. The van der Waals surface area contributed by atoms with E-state index in [1.54, 1.807) is 7.11 Å². The van der Waals surface area contributed by atoms with E-state index in [0.29, 0.717) is 26.0 Å². The van der Waals surface area contributed by atoms with Crippen molar-refractivity contribution >= 4 is 23.2 Å². The minimum absolute atomic E-state index is 0.0244. The van der Waals surface area contributed by atoms with Crippen LogP contribution in [0.25, 0.3) is 4.85 Å². The third-order valence-electron chi connectivity index (χ3n) is 7.94. The van der Waals surface area contributed by atoms with Gasteiger partial charge in [-0.05, 0) is 37.0 Å². The Kier molecular flexibility index (Phi) is 6.92.